The van der Waals surface area contributed by atoms with Crippen LogP contribution in [0.4, 0.5) is 0 Å². The predicted octanol–water partition coefficient (Wildman–Crippen LogP) is 2.28. The van der Waals surface area contributed by atoms with E-state index in [4.69, 9.17) is 18.9 Å². The fraction of sp³-hybridized carbons (Fsp3) is 0.545. The van der Waals surface area contributed by atoms with Crippen molar-refractivity contribution in [1.29, 1.82) is 0 Å². The number of esters is 4. The molecule has 8 heteroatoms. The maximum Gasteiger partial charge on any atom is 0.323 e. The minimum absolute atomic E-state index is 0.0208. The summed E-state index contributed by atoms with van der Waals surface area (Å²) in [6.07, 6.45) is 3.96. The van der Waals surface area contributed by atoms with Crippen LogP contribution in [0, 0.1) is 16.7 Å². The first-order chi connectivity index (χ1) is 14.2. The summed E-state index contributed by atoms with van der Waals surface area (Å²) in [5, 5.41) is 0. The van der Waals surface area contributed by atoms with Crippen molar-refractivity contribution in [1.82, 2.24) is 0 Å². The molecule has 0 spiro atoms. The second kappa shape index (κ2) is 8.85. The van der Waals surface area contributed by atoms with Gasteiger partial charge in [0, 0.05) is 0 Å². The Bertz CT molecular complexity index is 800. The summed E-state index contributed by atoms with van der Waals surface area (Å²) in [5.74, 6) is -3.07. The van der Waals surface area contributed by atoms with Gasteiger partial charge in [-0.05, 0) is 44.1 Å². The van der Waals surface area contributed by atoms with Gasteiger partial charge in [0.25, 0.3) is 0 Å². The van der Waals surface area contributed by atoms with Crippen molar-refractivity contribution in [3.63, 3.8) is 0 Å². The minimum atomic E-state index is -1.54. The molecule has 164 valence electrons. The molecule has 30 heavy (non-hydrogen) atoms. The molecule has 8 nitrogen and oxygen atoms in total. The summed E-state index contributed by atoms with van der Waals surface area (Å²) >= 11 is 0. The maximum atomic E-state index is 12.6. The average molecular weight is 420 g/mol. The molecule has 0 aromatic carbocycles. The van der Waals surface area contributed by atoms with E-state index in [1.54, 1.807) is 0 Å². The van der Waals surface area contributed by atoms with Crippen molar-refractivity contribution in [2.75, 3.05) is 28.4 Å². The fourth-order valence-electron chi connectivity index (χ4n) is 4.62. The maximum absolute atomic E-state index is 12.6. The molecule has 0 heterocycles. The molecule has 0 bridgehead atoms. The molecule has 0 amide bonds. The summed E-state index contributed by atoms with van der Waals surface area (Å²) < 4.78 is 19.6. The molecule has 0 radical (unpaired) electrons. The van der Waals surface area contributed by atoms with Crippen molar-refractivity contribution in [2.45, 2.75) is 32.6 Å². The van der Waals surface area contributed by atoms with E-state index in [9.17, 15) is 19.2 Å². The Balaban J connectivity index is 2.64. The number of carbonyl (C=O) groups excluding carboxylic acids is 4. The lowest BCUT2D eigenvalue weighted by Gasteiger charge is -2.22. The monoisotopic (exact) mass is 420 g/mol. The van der Waals surface area contributed by atoms with Crippen LogP contribution in [0.1, 0.15) is 32.6 Å². The average Bonchev–Trinajstić information content (AvgIpc) is 3.31. The highest BCUT2D eigenvalue weighted by atomic mass is 16.6. The Morgan fingerprint density at radius 1 is 0.833 bits per heavy atom. The topological polar surface area (TPSA) is 105 Å². The SMILES string of the molecule is C=C1CC(C(=O)OC)(C(=O)OC)C/C1=C1\CC(C(=O)OC)(C(=O)OC)C[C@H]1/C=C\C. The molecule has 0 N–H and O–H groups in total. The zero-order chi connectivity index (χ0) is 22.7. The molecule has 2 fully saturated rings. The highest BCUT2D eigenvalue weighted by Crippen LogP contribution is 2.55. The third-order valence-corrected chi connectivity index (χ3v) is 6.05. The Morgan fingerprint density at radius 3 is 1.73 bits per heavy atom. The van der Waals surface area contributed by atoms with E-state index in [1.165, 1.54) is 28.4 Å². The molecular weight excluding hydrogens is 392 g/mol. The second-order valence-corrected chi connectivity index (χ2v) is 7.60. The Hall–Kier alpha value is -2.90. The van der Waals surface area contributed by atoms with Gasteiger partial charge in [0.2, 0.25) is 0 Å². The lowest BCUT2D eigenvalue weighted by Crippen LogP contribution is -2.39. The van der Waals surface area contributed by atoms with Crippen LogP contribution in [0.15, 0.2) is 35.5 Å². The van der Waals surface area contributed by atoms with Crippen LogP contribution >= 0.6 is 0 Å². The van der Waals surface area contributed by atoms with Crippen LogP contribution in [0.3, 0.4) is 0 Å². The van der Waals surface area contributed by atoms with E-state index in [0.717, 1.165) is 5.57 Å². The molecule has 2 saturated carbocycles. The third-order valence-electron chi connectivity index (χ3n) is 6.05. The van der Waals surface area contributed by atoms with Crippen molar-refractivity contribution in [3.05, 3.63) is 35.5 Å². The predicted molar refractivity (Wildman–Crippen MR) is 106 cm³/mol. The van der Waals surface area contributed by atoms with Gasteiger partial charge < -0.3 is 18.9 Å². The summed E-state index contributed by atoms with van der Waals surface area (Å²) in [4.78, 5) is 50.3. The van der Waals surface area contributed by atoms with Crippen molar-refractivity contribution in [3.8, 4) is 0 Å². The Kier molecular flexibility index (Phi) is 6.90. The summed E-state index contributed by atoms with van der Waals surface area (Å²) in [6.45, 7) is 5.88. The number of carbonyl (C=O) groups is 4. The van der Waals surface area contributed by atoms with Gasteiger partial charge in [-0.25, -0.2) is 0 Å². The van der Waals surface area contributed by atoms with E-state index in [1.807, 2.05) is 19.1 Å². The lowest BCUT2D eigenvalue weighted by molar-refractivity contribution is -0.170. The van der Waals surface area contributed by atoms with Crippen LogP contribution < -0.4 is 0 Å². The van der Waals surface area contributed by atoms with Crippen LogP contribution in [0.2, 0.25) is 0 Å². The number of hydrogen-bond acceptors (Lipinski definition) is 8. The fourth-order valence-corrected chi connectivity index (χ4v) is 4.62. The molecular formula is C22H28O8. The molecule has 2 aliphatic rings. The molecule has 1 atom stereocenters. The third kappa shape index (κ3) is 3.55. The van der Waals surface area contributed by atoms with Crippen LogP contribution in [0.5, 0.6) is 0 Å². The number of allylic oxidation sites excluding steroid dienone is 5. The number of methoxy groups -OCH3 is 4. The number of ether oxygens (including phenoxy) is 4. The van der Waals surface area contributed by atoms with Crippen LogP contribution in [-0.4, -0.2) is 52.3 Å². The summed E-state index contributed by atoms with van der Waals surface area (Å²) in [5.41, 5.74) is -1.04. The zero-order valence-corrected chi connectivity index (χ0v) is 18.0. The first-order valence-electron chi connectivity index (χ1n) is 9.54. The first kappa shape index (κ1) is 23.4. The molecule has 0 aromatic rings. The van der Waals surface area contributed by atoms with Gasteiger partial charge in [-0.3, -0.25) is 19.2 Å². The van der Waals surface area contributed by atoms with E-state index in [2.05, 4.69) is 6.58 Å². The zero-order valence-electron chi connectivity index (χ0n) is 18.0. The van der Waals surface area contributed by atoms with Gasteiger partial charge in [0.15, 0.2) is 10.8 Å². The van der Waals surface area contributed by atoms with E-state index < -0.39 is 34.7 Å². The molecule has 0 aliphatic heterocycles. The first-order valence-corrected chi connectivity index (χ1v) is 9.54. The van der Waals surface area contributed by atoms with Crippen LogP contribution in [-0.2, 0) is 38.1 Å². The van der Waals surface area contributed by atoms with Gasteiger partial charge in [0.05, 0.1) is 28.4 Å². The molecule has 0 saturated heterocycles. The van der Waals surface area contributed by atoms with Gasteiger partial charge in [-0.1, -0.05) is 29.9 Å². The van der Waals surface area contributed by atoms with E-state index in [-0.39, 0.29) is 31.6 Å². The largest absolute Gasteiger partial charge is 0.468 e. The second-order valence-electron chi connectivity index (χ2n) is 7.60. The smallest absolute Gasteiger partial charge is 0.323 e. The quantitative estimate of drug-likeness (QED) is 0.289. The van der Waals surface area contributed by atoms with Gasteiger partial charge >= 0.3 is 23.9 Å². The highest BCUT2D eigenvalue weighted by Gasteiger charge is 2.58. The Labute approximate surface area is 175 Å². The number of hydrogen-bond donors (Lipinski definition) is 0. The standard InChI is InChI=1S/C22H28O8/c1-7-8-14-10-22(19(25)29-5,20(26)30-6)12-16(14)15-11-21(9-13(15)2,17(23)27-3)18(24)28-4/h7-8,14H,2,9-12H2,1,3-6H3/b8-7-,16-15-/t14-/m1/s1. The van der Waals surface area contributed by atoms with E-state index >= 15 is 0 Å². The van der Waals surface area contributed by atoms with Gasteiger partial charge in [-0.2, -0.15) is 0 Å². The molecule has 0 unspecified atom stereocenters. The van der Waals surface area contributed by atoms with Crippen LogP contribution in [0.25, 0.3) is 0 Å². The lowest BCUT2D eigenvalue weighted by atomic mass is 9.84. The van der Waals surface area contributed by atoms with Crippen molar-refractivity contribution >= 4 is 23.9 Å². The summed E-state index contributed by atoms with van der Waals surface area (Å²) in [7, 11) is 4.85. The van der Waals surface area contributed by atoms with Gasteiger partial charge in [-0.15, -0.1) is 0 Å². The van der Waals surface area contributed by atoms with E-state index in [0.29, 0.717) is 11.1 Å². The van der Waals surface area contributed by atoms with Crippen molar-refractivity contribution < 1.29 is 38.1 Å². The normalized spacial score (nSPS) is 24.6. The molecule has 2 rings (SSSR count). The van der Waals surface area contributed by atoms with Crippen molar-refractivity contribution in [2.24, 2.45) is 16.7 Å². The number of rotatable bonds is 5. The van der Waals surface area contributed by atoms with Gasteiger partial charge in [0.1, 0.15) is 0 Å². The summed E-state index contributed by atoms with van der Waals surface area (Å²) in [6, 6.07) is 0. The molecule has 0 aromatic heterocycles. The highest BCUT2D eigenvalue weighted by molar-refractivity contribution is 6.03. The minimum Gasteiger partial charge on any atom is -0.468 e. The molecule has 2 aliphatic carbocycles. The Morgan fingerprint density at radius 2 is 1.30 bits per heavy atom.